The highest BCUT2D eigenvalue weighted by Crippen LogP contribution is 2.16. The second kappa shape index (κ2) is 7.03. The molecule has 0 aromatic carbocycles. The minimum atomic E-state index is -3.46. The van der Waals surface area contributed by atoms with Gasteiger partial charge in [0.2, 0.25) is 0 Å². The van der Waals surface area contributed by atoms with Gasteiger partial charge in [-0.2, -0.15) is 17.4 Å². The summed E-state index contributed by atoms with van der Waals surface area (Å²) in [5.74, 6) is 5.69. The second-order valence-corrected chi connectivity index (χ2v) is 7.01. The van der Waals surface area contributed by atoms with Crippen LogP contribution in [0.25, 0.3) is 0 Å². The smallest absolute Gasteiger partial charge is 0.279 e. The van der Waals surface area contributed by atoms with Gasteiger partial charge in [0.25, 0.3) is 10.2 Å². The third-order valence-electron chi connectivity index (χ3n) is 2.59. The Bertz CT molecular complexity index is 567. The van der Waals surface area contributed by atoms with Gasteiger partial charge in [-0.15, -0.1) is 11.3 Å². The van der Waals surface area contributed by atoms with E-state index in [1.165, 1.54) is 15.6 Å². The predicted molar refractivity (Wildman–Crippen MR) is 78.9 cm³/mol. The molecule has 19 heavy (non-hydrogen) atoms. The fourth-order valence-electron chi connectivity index (χ4n) is 1.27. The van der Waals surface area contributed by atoms with E-state index in [2.05, 4.69) is 16.6 Å². The lowest BCUT2D eigenvalue weighted by atomic mass is 10.2. The van der Waals surface area contributed by atoms with Gasteiger partial charge < -0.3 is 5.73 Å². The number of nitrogens with one attached hydrogen (secondary N) is 1. The molecular weight excluding hydrogens is 282 g/mol. The molecule has 0 bridgehead atoms. The molecule has 0 aliphatic heterocycles. The van der Waals surface area contributed by atoms with E-state index in [0.29, 0.717) is 0 Å². The Balaban J connectivity index is 2.75. The molecule has 3 N–H and O–H groups in total. The molecule has 5 nitrogen and oxygen atoms in total. The molecule has 0 spiro atoms. The van der Waals surface area contributed by atoms with Crippen molar-refractivity contribution in [1.29, 1.82) is 0 Å². The Hall–Kier alpha value is -0.910. The van der Waals surface area contributed by atoms with Crippen LogP contribution in [-0.4, -0.2) is 32.4 Å². The van der Waals surface area contributed by atoms with E-state index in [9.17, 15) is 8.42 Å². The third-order valence-corrected chi connectivity index (χ3v) is 5.20. The van der Waals surface area contributed by atoms with E-state index in [1.54, 1.807) is 7.05 Å². The normalized spacial score (nSPS) is 11.7. The van der Waals surface area contributed by atoms with Gasteiger partial charge in [-0.25, -0.2) is 0 Å². The minimum absolute atomic E-state index is 0.0858. The molecular formula is C12H19N3O2S2. The first-order chi connectivity index (χ1) is 8.88. The van der Waals surface area contributed by atoms with Crippen molar-refractivity contribution >= 4 is 21.5 Å². The van der Waals surface area contributed by atoms with Gasteiger partial charge >= 0.3 is 0 Å². The summed E-state index contributed by atoms with van der Waals surface area (Å²) in [7, 11) is -1.90. The SMILES string of the molecule is CC(C)N(C)S(=O)(=O)NCc1sccc1C#CCN. The lowest BCUT2D eigenvalue weighted by Crippen LogP contribution is -2.41. The van der Waals surface area contributed by atoms with Gasteiger partial charge in [0.05, 0.1) is 6.54 Å². The number of hydrogen-bond donors (Lipinski definition) is 2. The Morgan fingerprint density at radius 2 is 2.21 bits per heavy atom. The number of thiophene rings is 1. The maximum Gasteiger partial charge on any atom is 0.279 e. The zero-order valence-corrected chi connectivity index (χ0v) is 12.9. The van der Waals surface area contributed by atoms with Crippen LogP contribution in [0, 0.1) is 11.8 Å². The van der Waals surface area contributed by atoms with Crippen molar-refractivity contribution in [3.05, 3.63) is 21.9 Å². The lowest BCUT2D eigenvalue weighted by molar-refractivity contribution is 0.402. The molecule has 0 fully saturated rings. The summed E-state index contributed by atoms with van der Waals surface area (Å²) in [6, 6.07) is 1.78. The van der Waals surface area contributed by atoms with Crippen LogP contribution >= 0.6 is 11.3 Å². The topological polar surface area (TPSA) is 75.4 Å². The number of hydrogen-bond acceptors (Lipinski definition) is 4. The van der Waals surface area contributed by atoms with Gasteiger partial charge in [0.1, 0.15) is 0 Å². The third kappa shape index (κ3) is 4.60. The molecule has 1 aromatic rings. The van der Waals surface area contributed by atoms with Crippen molar-refractivity contribution < 1.29 is 8.42 Å². The number of rotatable bonds is 5. The maximum atomic E-state index is 12.0. The molecule has 0 atom stereocenters. The molecule has 0 amide bonds. The number of nitrogens with zero attached hydrogens (tertiary/aromatic N) is 1. The van der Waals surface area contributed by atoms with Crippen LogP contribution in [0.1, 0.15) is 24.3 Å². The Kier molecular flexibility index (Phi) is 5.97. The summed E-state index contributed by atoms with van der Waals surface area (Å²) in [5, 5.41) is 1.89. The first kappa shape index (κ1) is 16.1. The Morgan fingerprint density at radius 3 is 2.79 bits per heavy atom. The summed E-state index contributed by atoms with van der Waals surface area (Å²) in [6.07, 6.45) is 0. The van der Waals surface area contributed by atoms with E-state index in [4.69, 9.17) is 5.73 Å². The van der Waals surface area contributed by atoms with Crippen molar-refractivity contribution in [3.63, 3.8) is 0 Å². The van der Waals surface area contributed by atoms with Crippen LogP contribution in [0.3, 0.4) is 0 Å². The van der Waals surface area contributed by atoms with Crippen LogP contribution in [-0.2, 0) is 16.8 Å². The highest BCUT2D eigenvalue weighted by molar-refractivity contribution is 7.87. The first-order valence-electron chi connectivity index (χ1n) is 5.86. The average molecular weight is 301 g/mol. The highest BCUT2D eigenvalue weighted by atomic mass is 32.2. The summed E-state index contributed by atoms with van der Waals surface area (Å²) in [6.45, 7) is 4.17. The summed E-state index contributed by atoms with van der Waals surface area (Å²) >= 11 is 1.47. The average Bonchev–Trinajstić information content (AvgIpc) is 2.80. The lowest BCUT2D eigenvalue weighted by Gasteiger charge is -2.21. The Labute approximate surface area is 119 Å². The highest BCUT2D eigenvalue weighted by Gasteiger charge is 2.20. The van der Waals surface area contributed by atoms with E-state index in [1.807, 2.05) is 25.3 Å². The van der Waals surface area contributed by atoms with Crippen molar-refractivity contribution in [2.24, 2.45) is 5.73 Å². The zero-order valence-electron chi connectivity index (χ0n) is 11.3. The Morgan fingerprint density at radius 1 is 1.53 bits per heavy atom. The van der Waals surface area contributed by atoms with Crippen LogP contribution < -0.4 is 10.5 Å². The molecule has 0 saturated carbocycles. The summed E-state index contributed by atoms with van der Waals surface area (Å²) < 4.78 is 27.8. The van der Waals surface area contributed by atoms with Gasteiger partial charge in [-0.3, -0.25) is 0 Å². The van der Waals surface area contributed by atoms with Crippen LogP contribution in [0.4, 0.5) is 0 Å². The van der Waals surface area contributed by atoms with Gasteiger partial charge in [-0.05, 0) is 25.3 Å². The molecule has 0 aliphatic carbocycles. The molecule has 7 heteroatoms. The van der Waals surface area contributed by atoms with E-state index in [0.717, 1.165) is 10.4 Å². The fourth-order valence-corrected chi connectivity index (χ4v) is 3.22. The van der Waals surface area contributed by atoms with E-state index in [-0.39, 0.29) is 19.1 Å². The number of nitrogens with two attached hydrogens (primary N) is 1. The zero-order chi connectivity index (χ0) is 14.5. The predicted octanol–water partition coefficient (Wildman–Crippen LogP) is 0.733. The van der Waals surface area contributed by atoms with E-state index >= 15 is 0 Å². The quantitative estimate of drug-likeness (QED) is 0.787. The molecule has 0 unspecified atom stereocenters. The molecule has 106 valence electrons. The summed E-state index contributed by atoms with van der Waals surface area (Å²) in [5.41, 5.74) is 6.15. The standard InChI is InChI=1S/C12H19N3O2S2/c1-10(2)15(3)19(16,17)14-9-12-11(5-4-7-13)6-8-18-12/h6,8,10,14H,7,9,13H2,1-3H3. The van der Waals surface area contributed by atoms with Gasteiger partial charge in [0, 0.05) is 30.1 Å². The van der Waals surface area contributed by atoms with Gasteiger partial charge in [0.15, 0.2) is 0 Å². The largest absolute Gasteiger partial charge is 0.320 e. The van der Waals surface area contributed by atoms with Crippen molar-refractivity contribution in [3.8, 4) is 11.8 Å². The van der Waals surface area contributed by atoms with Crippen molar-refractivity contribution in [2.45, 2.75) is 26.4 Å². The van der Waals surface area contributed by atoms with Crippen molar-refractivity contribution in [1.82, 2.24) is 9.03 Å². The van der Waals surface area contributed by atoms with Crippen LogP contribution in [0.2, 0.25) is 0 Å². The van der Waals surface area contributed by atoms with Gasteiger partial charge in [-0.1, -0.05) is 11.8 Å². The van der Waals surface area contributed by atoms with Crippen molar-refractivity contribution in [2.75, 3.05) is 13.6 Å². The maximum absolute atomic E-state index is 12.0. The monoisotopic (exact) mass is 301 g/mol. The van der Waals surface area contributed by atoms with E-state index < -0.39 is 10.2 Å². The molecule has 0 aliphatic rings. The molecule has 1 heterocycles. The minimum Gasteiger partial charge on any atom is -0.320 e. The molecule has 1 aromatic heterocycles. The molecule has 1 rings (SSSR count). The van der Waals surface area contributed by atoms with Crippen LogP contribution in [0.15, 0.2) is 11.4 Å². The first-order valence-corrected chi connectivity index (χ1v) is 8.18. The van der Waals surface area contributed by atoms with Crippen LogP contribution in [0.5, 0.6) is 0 Å². The molecule has 0 radical (unpaired) electrons. The molecule has 0 saturated heterocycles. The second-order valence-electron chi connectivity index (χ2n) is 4.20. The fraction of sp³-hybridized carbons (Fsp3) is 0.500. The summed E-state index contributed by atoms with van der Waals surface area (Å²) in [4.78, 5) is 0.890.